The first kappa shape index (κ1) is 13.7. The van der Waals surface area contributed by atoms with Gasteiger partial charge in [0.2, 0.25) is 0 Å². The third-order valence-electron chi connectivity index (χ3n) is 5.86. The van der Waals surface area contributed by atoms with Crippen LogP contribution in [0.1, 0.15) is 49.3 Å². The molecule has 3 heteroatoms. The number of rotatable bonds is 2. The predicted octanol–water partition coefficient (Wildman–Crippen LogP) is 3.28. The van der Waals surface area contributed by atoms with Crippen molar-refractivity contribution >= 4 is 0 Å². The van der Waals surface area contributed by atoms with Crippen molar-refractivity contribution in [3.05, 3.63) is 35.1 Å². The van der Waals surface area contributed by atoms with Crippen LogP contribution < -0.4 is 5.32 Å². The minimum absolute atomic E-state index is 0.0000385. The largest absolute Gasteiger partial charge is 0.314 e. The Morgan fingerprint density at radius 3 is 2.71 bits per heavy atom. The van der Waals surface area contributed by atoms with Gasteiger partial charge in [-0.3, -0.25) is 4.90 Å². The highest BCUT2D eigenvalue weighted by Gasteiger charge is 2.34. The summed E-state index contributed by atoms with van der Waals surface area (Å²) in [7, 11) is 0. The van der Waals surface area contributed by atoms with Crippen LogP contribution in [0.4, 0.5) is 4.39 Å². The van der Waals surface area contributed by atoms with Crippen LogP contribution in [0.15, 0.2) is 18.2 Å². The second kappa shape index (κ2) is 5.69. The average Bonchev–Trinajstić information content (AvgIpc) is 3.18. The molecule has 2 nitrogen and oxygen atoms in total. The molecule has 0 radical (unpaired) electrons. The molecule has 2 saturated heterocycles. The minimum Gasteiger partial charge on any atom is -0.314 e. The van der Waals surface area contributed by atoms with Crippen LogP contribution in [-0.2, 0) is 6.42 Å². The monoisotopic (exact) mass is 288 g/mol. The maximum atomic E-state index is 13.9. The third kappa shape index (κ3) is 2.51. The van der Waals surface area contributed by atoms with Crippen molar-refractivity contribution in [3.63, 3.8) is 0 Å². The van der Waals surface area contributed by atoms with Gasteiger partial charge in [0, 0.05) is 12.1 Å². The first-order valence-electron chi connectivity index (χ1n) is 8.57. The zero-order valence-electron chi connectivity index (χ0n) is 12.7. The topological polar surface area (TPSA) is 15.3 Å². The van der Waals surface area contributed by atoms with E-state index >= 15 is 0 Å². The van der Waals surface area contributed by atoms with Gasteiger partial charge < -0.3 is 5.32 Å². The standard InChI is InChI=1S/C18H25FN2/c19-16-4-1-3-15-14(16)6-7-18(15)21-11-8-13(9-12-21)17-5-2-10-20-17/h1,3-4,13,17-18,20H,2,5-12H2. The number of nitrogens with one attached hydrogen (secondary N) is 1. The van der Waals surface area contributed by atoms with E-state index in [4.69, 9.17) is 0 Å². The van der Waals surface area contributed by atoms with E-state index in [-0.39, 0.29) is 5.82 Å². The van der Waals surface area contributed by atoms with E-state index in [2.05, 4.69) is 16.3 Å². The van der Waals surface area contributed by atoms with Gasteiger partial charge >= 0.3 is 0 Å². The van der Waals surface area contributed by atoms with E-state index in [0.717, 1.165) is 30.4 Å². The molecule has 1 aliphatic carbocycles. The predicted molar refractivity (Wildman–Crippen MR) is 82.8 cm³/mol. The van der Waals surface area contributed by atoms with E-state index < -0.39 is 0 Å². The number of nitrogens with zero attached hydrogens (tertiary/aromatic N) is 1. The van der Waals surface area contributed by atoms with E-state index in [1.165, 1.54) is 50.9 Å². The first-order valence-corrected chi connectivity index (χ1v) is 8.57. The second-order valence-electron chi connectivity index (χ2n) is 6.94. The van der Waals surface area contributed by atoms with Gasteiger partial charge in [0.25, 0.3) is 0 Å². The third-order valence-corrected chi connectivity index (χ3v) is 5.86. The molecule has 0 bridgehead atoms. The molecule has 2 atom stereocenters. The highest BCUT2D eigenvalue weighted by Crippen LogP contribution is 2.39. The van der Waals surface area contributed by atoms with Gasteiger partial charge in [-0.1, -0.05) is 12.1 Å². The fraction of sp³-hybridized carbons (Fsp3) is 0.667. The molecule has 2 fully saturated rings. The molecule has 0 amide bonds. The lowest BCUT2D eigenvalue weighted by molar-refractivity contribution is 0.119. The molecule has 3 aliphatic rings. The fourth-order valence-corrected chi connectivity index (χ4v) is 4.71. The summed E-state index contributed by atoms with van der Waals surface area (Å²) in [5, 5.41) is 3.67. The Balaban J connectivity index is 1.42. The normalized spacial score (nSPS) is 30.7. The van der Waals surface area contributed by atoms with Crippen molar-refractivity contribution in [1.82, 2.24) is 10.2 Å². The number of hydrogen-bond donors (Lipinski definition) is 1. The Bertz CT molecular complexity index is 502. The summed E-state index contributed by atoms with van der Waals surface area (Å²) >= 11 is 0. The van der Waals surface area contributed by atoms with Crippen LogP contribution in [0.25, 0.3) is 0 Å². The number of fused-ring (bicyclic) bond motifs is 1. The van der Waals surface area contributed by atoms with Gasteiger partial charge in [0.15, 0.2) is 0 Å². The van der Waals surface area contributed by atoms with Crippen molar-refractivity contribution in [2.24, 2.45) is 5.92 Å². The molecular formula is C18H25FN2. The maximum Gasteiger partial charge on any atom is 0.126 e. The molecule has 0 spiro atoms. The van der Waals surface area contributed by atoms with Crippen LogP contribution in [0.5, 0.6) is 0 Å². The summed E-state index contributed by atoms with van der Waals surface area (Å²) in [5.41, 5.74) is 2.23. The Kier molecular flexibility index (Phi) is 3.72. The lowest BCUT2D eigenvalue weighted by Gasteiger charge is -2.38. The van der Waals surface area contributed by atoms with E-state index in [9.17, 15) is 4.39 Å². The van der Waals surface area contributed by atoms with Gasteiger partial charge in [-0.15, -0.1) is 0 Å². The van der Waals surface area contributed by atoms with Crippen molar-refractivity contribution in [2.75, 3.05) is 19.6 Å². The molecule has 1 aromatic rings. The molecule has 0 saturated carbocycles. The highest BCUT2D eigenvalue weighted by molar-refractivity contribution is 5.35. The first-order chi connectivity index (χ1) is 10.3. The molecule has 2 heterocycles. The van der Waals surface area contributed by atoms with Crippen molar-refractivity contribution < 1.29 is 4.39 Å². The van der Waals surface area contributed by atoms with Crippen LogP contribution in [0, 0.1) is 11.7 Å². The fourth-order valence-electron chi connectivity index (χ4n) is 4.71. The lowest BCUT2D eigenvalue weighted by atomic mass is 9.87. The molecule has 2 aliphatic heterocycles. The summed E-state index contributed by atoms with van der Waals surface area (Å²) in [6.07, 6.45) is 7.33. The second-order valence-corrected chi connectivity index (χ2v) is 6.94. The van der Waals surface area contributed by atoms with Crippen LogP contribution >= 0.6 is 0 Å². The molecule has 114 valence electrons. The summed E-state index contributed by atoms with van der Waals surface area (Å²) < 4.78 is 13.9. The van der Waals surface area contributed by atoms with Crippen molar-refractivity contribution in [3.8, 4) is 0 Å². The summed E-state index contributed by atoms with van der Waals surface area (Å²) in [6.45, 7) is 3.58. The summed E-state index contributed by atoms with van der Waals surface area (Å²) in [5.74, 6) is 0.858. The van der Waals surface area contributed by atoms with Gasteiger partial charge in [-0.2, -0.15) is 0 Å². The molecular weight excluding hydrogens is 263 g/mol. The van der Waals surface area contributed by atoms with Crippen molar-refractivity contribution in [1.29, 1.82) is 0 Å². The number of piperidine rings is 1. The number of benzene rings is 1. The minimum atomic E-state index is 0.0000385. The highest BCUT2D eigenvalue weighted by atomic mass is 19.1. The van der Waals surface area contributed by atoms with E-state index in [1.54, 1.807) is 6.07 Å². The number of hydrogen-bond acceptors (Lipinski definition) is 2. The van der Waals surface area contributed by atoms with Gasteiger partial charge in [0.05, 0.1) is 0 Å². The van der Waals surface area contributed by atoms with E-state index in [0.29, 0.717) is 6.04 Å². The van der Waals surface area contributed by atoms with Crippen LogP contribution in [-0.4, -0.2) is 30.6 Å². The molecule has 1 aromatic carbocycles. The van der Waals surface area contributed by atoms with Crippen molar-refractivity contribution in [2.45, 2.75) is 50.6 Å². The van der Waals surface area contributed by atoms with Crippen LogP contribution in [0.3, 0.4) is 0 Å². The maximum absolute atomic E-state index is 13.9. The molecule has 4 rings (SSSR count). The Morgan fingerprint density at radius 2 is 1.95 bits per heavy atom. The smallest absolute Gasteiger partial charge is 0.126 e. The summed E-state index contributed by atoms with van der Waals surface area (Å²) in [4.78, 5) is 2.61. The molecule has 0 aromatic heterocycles. The average molecular weight is 288 g/mol. The zero-order valence-corrected chi connectivity index (χ0v) is 12.7. The summed E-state index contributed by atoms with van der Waals surface area (Å²) in [6, 6.07) is 6.86. The molecule has 21 heavy (non-hydrogen) atoms. The number of likely N-dealkylation sites (tertiary alicyclic amines) is 1. The van der Waals surface area contributed by atoms with Gasteiger partial charge in [-0.05, 0) is 81.3 Å². The van der Waals surface area contributed by atoms with Crippen LogP contribution in [0.2, 0.25) is 0 Å². The molecule has 2 unspecified atom stereocenters. The Morgan fingerprint density at radius 1 is 1.10 bits per heavy atom. The Labute approximate surface area is 126 Å². The molecule has 1 N–H and O–H groups in total. The lowest BCUT2D eigenvalue weighted by Crippen LogP contribution is -2.41. The number of halogens is 1. The Hall–Kier alpha value is -0.930. The van der Waals surface area contributed by atoms with Gasteiger partial charge in [-0.25, -0.2) is 4.39 Å². The zero-order chi connectivity index (χ0) is 14.2. The van der Waals surface area contributed by atoms with Gasteiger partial charge in [0.1, 0.15) is 5.82 Å². The van der Waals surface area contributed by atoms with E-state index in [1.807, 2.05) is 6.07 Å². The quantitative estimate of drug-likeness (QED) is 0.898. The SMILES string of the molecule is Fc1cccc2c1CCC2N1CCC(C2CCCN2)CC1.